The summed E-state index contributed by atoms with van der Waals surface area (Å²) in [7, 11) is 1.39. The van der Waals surface area contributed by atoms with Crippen molar-refractivity contribution in [2.75, 3.05) is 25.1 Å². The van der Waals surface area contributed by atoms with Crippen LogP contribution < -0.4 is 4.90 Å². The molecule has 2 aliphatic rings. The summed E-state index contributed by atoms with van der Waals surface area (Å²) in [4.78, 5) is 24.9. The van der Waals surface area contributed by atoms with Crippen LogP contribution in [0.25, 0.3) is 0 Å². The third kappa shape index (κ3) is 2.30. The Morgan fingerprint density at radius 1 is 1.15 bits per heavy atom. The number of hydrogen-bond donors (Lipinski definition) is 0. The molecule has 1 aromatic rings. The molecule has 1 heterocycles. The van der Waals surface area contributed by atoms with E-state index in [0.29, 0.717) is 16.8 Å². The average Bonchev–Trinajstić information content (AvgIpc) is 2.46. The maximum absolute atomic E-state index is 11.4. The summed E-state index contributed by atoms with van der Waals surface area (Å²) in [5, 5.41) is 0. The molecule has 106 valence electrons. The van der Waals surface area contributed by atoms with Gasteiger partial charge in [-0.25, -0.2) is 4.79 Å². The van der Waals surface area contributed by atoms with Crippen LogP contribution in [0.5, 0.6) is 0 Å². The quantitative estimate of drug-likeness (QED) is 0.776. The van der Waals surface area contributed by atoms with E-state index in [1.807, 2.05) is 12.1 Å². The van der Waals surface area contributed by atoms with Crippen LogP contribution in [-0.4, -0.2) is 32.0 Å². The maximum atomic E-state index is 11.4. The number of anilines is 1. The Bertz CT molecular complexity index is 517. The van der Waals surface area contributed by atoms with Crippen LogP contribution in [0, 0.1) is 5.41 Å². The van der Waals surface area contributed by atoms with Gasteiger partial charge in [-0.05, 0) is 42.5 Å². The van der Waals surface area contributed by atoms with Gasteiger partial charge in [0.15, 0.2) is 0 Å². The van der Waals surface area contributed by atoms with E-state index in [1.165, 1.54) is 7.11 Å². The van der Waals surface area contributed by atoms with E-state index in [1.54, 1.807) is 12.1 Å². The number of ketones is 1. The molecule has 0 bridgehead atoms. The number of rotatable bonds is 2. The molecule has 1 aliphatic heterocycles. The lowest BCUT2D eigenvalue weighted by molar-refractivity contribution is -0.133. The minimum absolute atomic E-state index is 0.304. The van der Waals surface area contributed by atoms with Gasteiger partial charge in [0.25, 0.3) is 0 Å². The topological polar surface area (TPSA) is 46.6 Å². The van der Waals surface area contributed by atoms with Gasteiger partial charge in [-0.1, -0.05) is 0 Å². The third-order valence-electron chi connectivity index (χ3n) is 4.62. The van der Waals surface area contributed by atoms with E-state index in [9.17, 15) is 9.59 Å². The number of benzene rings is 1. The first-order chi connectivity index (χ1) is 9.62. The lowest BCUT2D eigenvalue weighted by Crippen LogP contribution is -2.47. The highest BCUT2D eigenvalue weighted by atomic mass is 16.5. The van der Waals surface area contributed by atoms with Crippen molar-refractivity contribution < 1.29 is 14.3 Å². The SMILES string of the molecule is COC(=O)c1ccc(N2CCC3(CC2)CC(=O)C3)cc1. The summed E-state index contributed by atoms with van der Waals surface area (Å²) in [6.07, 6.45) is 3.75. The summed E-state index contributed by atoms with van der Waals surface area (Å²) < 4.78 is 4.70. The highest BCUT2D eigenvalue weighted by Crippen LogP contribution is 2.47. The number of nitrogens with zero attached hydrogens (tertiary/aromatic N) is 1. The lowest BCUT2D eigenvalue weighted by atomic mass is 9.62. The largest absolute Gasteiger partial charge is 0.465 e. The number of Topliss-reactive ketones (excluding diaryl/α,β-unsaturated/α-hetero) is 1. The van der Waals surface area contributed by atoms with Crippen LogP contribution in [0.1, 0.15) is 36.0 Å². The number of carbonyl (C=O) groups excluding carboxylic acids is 2. The molecule has 20 heavy (non-hydrogen) atoms. The summed E-state index contributed by atoms with van der Waals surface area (Å²) in [6, 6.07) is 7.54. The molecule has 1 aromatic carbocycles. The number of esters is 1. The Balaban J connectivity index is 1.63. The Morgan fingerprint density at radius 3 is 2.25 bits per heavy atom. The van der Waals surface area contributed by atoms with Crippen molar-refractivity contribution >= 4 is 17.4 Å². The van der Waals surface area contributed by atoms with E-state index in [4.69, 9.17) is 4.74 Å². The molecule has 1 spiro atoms. The second kappa shape index (κ2) is 4.93. The van der Waals surface area contributed by atoms with Crippen molar-refractivity contribution in [3.63, 3.8) is 0 Å². The van der Waals surface area contributed by atoms with Crippen molar-refractivity contribution in [2.24, 2.45) is 5.41 Å². The summed E-state index contributed by atoms with van der Waals surface area (Å²) >= 11 is 0. The Kier molecular flexibility index (Phi) is 3.24. The summed E-state index contributed by atoms with van der Waals surface area (Å²) in [6.45, 7) is 1.98. The van der Waals surface area contributed by atoms with Crippen LogP contribution in [0.3, 0.4) is 0 Å². The molecule has 0 aromatic heterocycles. The van der Waals surface area contributed by atoms with Gasteiger partial charge in [0.05, 0.1) is 12.7 Å². The molecule has 0 atom stereocenters. The molecular formula is C16H19NO3. The zero-order valence-corrected chi connectivity index (χ0v) is 11.7. The molecule has 1 saturated heterocycles. The van der Waals surface area contributed by atoms with Crippen LogP contribution in [0.4, 0.5) is 5.69 Å². The maximum Gasteiger partial charge on any atom is 0.337 e. The Morgan fingerprint density at radius 2 is 1.75 bits per heavy atom. The van der Waals surface area contributed by atoms with Gasteiger partial charge in [0.1, 0.15) is 5.78 Å². The minimum atomic E-state index is -0.304. The molecule has 0 amide bonds. The summed E-state index contributed by atoms with van der Waals surface area (Å²) in [5.74, 6) is 0.114. The van der Waals surface area contributed by atoms with E-state index in [2.05, 4.69) is 4.90 Å². The van der Waals surface area contributed by atoms with Crippen LogP contribution in [0.2, 0.25) is 0 Å². The fraction of sp³-hybridized carbons (Fsp3) is 0.500. The van der Waals surface area contributed by atoms with Crippen LogP contribution in [-0.2, 0) is 9.53 Å². The van der Waals surface area contributed by atoms with Gasteiger partial charge < -0.3 is 9.64 Å². The van der Waals surface area contributed by atoms with Crippen molar-refractivity contribution in [3.8, 4) is 0 Å². The van der Waals surface area contributed by atoms with Gasteiger partial charge in [0.2, 0.25) is 0 Å². The highest BCUT2D eigenvalue weighted by molar-refractivity contribution is 5.89. The second-order valence-electron chi connectivity index (χ2n) is 5.92. The molecule has 4 heteroatoms. The van der Waals surface area contributed by atoms with E-state index in [0.717, 1.165) is 44.5 Å². The molecule has 3 rings (SSSR count). The first-order valence-electron chi connectivity index (χ1n) is 7.07. The molecule has 4 nitrogen and oxygen atoms in total. The summed E-state index contributed by atoms with van der Waals surface area (Å²) in [5.41, 5.74) is 2.02. The molecule has 2 fully saturated rings. The molecule has 0 radical (unpaired) electrons. The van der Waals surface area contributed by atoms with Crippen molar-refractivity contribution in [1.29, 1.82) is 0 Å². The molecule has 1 saturated carbocycles. The third-order valence-corrected chi connectivity index (χ3v) is 4.62. The van der Waals surface area contributed by atoms with Crippen molar-refractivity contribution in [2.45, 2.75) is 25.7 Å². The molecule has 1 aliphatic carbocycles. The Labute approximate surface area is 118 Å². The number of piperidine rings is 1. The minimum Gasteiger partial charge on any atom is -0.465 e. The second-order valence-corrected chi connectivity index (χ2v) is 5.92. The lowest BCUT2D eigenvalue weighted by Gasteiger charge is -2.47. The number of carbonyl (C=O) groups is 2. The average molecular weight is 273 g/mol. The van der Waals surface area contributed by atoms with Crippen LogP contribution in [0.15, 0.2) is 24.3 Å². The molecular weight excluding hydrogens is 254 g/mol. The number of ether oxygens (including phenoxy) is 1. The predicted octanol–water partition coefficient (Wildman–Crippen LogP) is 2.42. The smallest absolute Gasteiger partial charge is 0.337 e. The van der Waals surface area contributed by atoms with Gasteiger partial charge in [-0.15, -0.1) is 0 Å². The normalized spacial score (nSPS) is 20.6. The molecule has 0 N–H and O–H groups in total. The number of methoxy groups -OCH3 is 1. The zero-order valence-electron chi connectivity index (χ0n) is 11.7. The zero-order chi connectivity index (χ0) is 14.2. The fourth-order valence-corrected chi connectivity index (χ4v) is 3.30. The molecule has 0 unspecified atom stereocenters. The van der Waals surface area contributed by atoms with E-state index >= 15 is 0 Å². The van der Waals surface area contributed by atoms with Crippen molar-refractivity contribution in [3.05, 3.63) is 29.8 Å². The first kappa shape index (κ1) is 13.2. The van der Waals surface area contributed by atoms with Gasteiger partial charge in [-0.3, -0.25) is 4.79 Å². The van der Waals surface area contributed by atoms with Crippen molar-refractivity contribution in [1.82, 2.24) is 0 Å². The van der Waals surface area contributed by atoms with E-state index < -0.39 is 0 Å². The highest BCUT2D eigenvalue weighted by Gasteiger charge is 2.45. The van der Waals surface area contributed by atoms with Gasteiger partial charge in [-0.2, -0.15) is 0 Å². The van der Waals surface area contributed by atoms with E-state index in [-0.39, 0.29) is 5.97 Å². The first-order valence-corrected chi connectivity index (χ1v) is 7.07. The number of hydrogen-bond acceptors (Lipinski definition) is 4. The monoisotopic (exact) mass is 273 g/mol. The van der Waals surface area contributed by atoms with Crippen LogP contribution >= 0.6 is 0 Å². The van der Waals surface area contributed by atoms with Gasteiger partial charge in [0, 0.05) is 31.6 Å². The standard InChI is InChI=1S/C16H19NO3/c1-20-15(19)12-2-4-13(5-3-12)17-8-6-16(7-9-17)10-14(18)11-16/h2-5H,6-11H2,1H3. The fourth-order valence-electron chi connectivity index (χ4n) is 3.30. The predicted molar refractivity (Wildman–Crippen MR) is 75.9 cm³/mol. The Hall–Kier alpha value is -1.84. The van der Waals surface area contributed by atoms with Gasteiger partial charge >= 0.3 is 5.97 Å².